The van der Waals surface area contributed by atoms with E-state index in [9.17, 15) is 14.4 Å². The van der Waals surface area contributed by atoms with Crippen molar-refractivity contribution in [3.05, 3.63) is 89.5 Å². The SMILES string of the molecule is COc1ccc(CNC(=O)[C@]2(C)Cc3ccccc3C(=O)N2c2ccc(NC(C)=O)cc2)cc1. The van der Waals surface area contributed by atoms with Crippen LogP contribution in [-0.4, -0.2) is 30.4 Å². The van der Waals surface area contributed by atoms with Crippen molar-refractivity contribution in [2.75, 3.05) is 17.3 Å². The van der Waals surface area contributed by atoms with Gasteiger partial charge in [-0.15, -0.1) is 0 Å². The van der Waals surface area contributed by atoms with Crippen LogP contribution in [0.5, 0.6) is 5.75 Å². The molecule has 0 spiro atoms. The summed E-state index contributed by atoms with van der Waals surface area (Å²) in [4.78, 5) is 40.1. The molecule has 1 aliphatic rings. The van der Waals surface area contributed by atoms with Crippen LogP contribution < -0.4 is 20.3 Å². The summed E-state index contributed by atoms with van der Waals surface area (Å²) in [5, 5.41) is 5.73. The quantitative estimate of drug-likeness (QED) is 0.587. The van der Waals surface area contributed by atoms with Crippen LogP contribution in [0, 0.1) is 0 Å². The lowest BCUT2D eigenvalue weighted by Crippen LogP contribution is -2.63. The molecule has 0 aromatic heterocycles. The van der Waals surface area contributed by atoms with Gasteiger partial charge < -0.3 is 15.4 Å². The number of anilines is 2. The van der Waals surface area contributed by atoms with Gasteiger partial charge >= 0.3 is 0 Å². The minimum absolute atomic E-state index is 0.182. The summed E-state index contributed by atoms with van der Waals surface area (Å²) in [5.74, 6) is 0.0669. The summed E-state index contributed by atoms with van der Waals surface area (Å²) in [5.41, 5.74) is 2.39. The Kier molecular flexibility index (Phi) is 6.36. The van der Waals surface area contributed by atoms with Crippen LogP contribution in [-0.2, 0) is 22.6 Å². The second-order valence-corrected chi connectivity index (χ2v) is 8.51. The Morgan fingerprint density at radius 3 is 2.32 bits per heavy atom. The highest BCUT2D eigenvalue weighted by atomic mass is 16.5. The van der Waals surface area contributed by atoms with Crippen molar-refractivity contribution in [3.8, 4) is 5.75 Å². The van der Waals surface area contributed by atoms with Gasteiger partial charge in [0.1, 0.15) is 11.3 Å². The van der Waals surface area contributed by atoms with Crippen LogP contribution in [0.25, 0.3) is 0 Å². The van der Waals surface area contributed by atoms with E-state index in [0.29, 0.717) is 29.9 Å². The minimum atomic E-state index is -1.15. The van der Waals surface area contributed by atoms with Gasteiger partial charge in [-0.25, -0.2) is 0 Å². The van der Waals surface area contributed by atoms with Gasteiger partial charge in [0.05, 0.1) is 7.11 Å². The van der Waals surface area contributed by atoms with Crippen molar-refractivity contribution in [3.63, 3.8) is 0 Å². The molecule has 34 heavy (non-hydrogen) atoms. The molecule has 0 fully saturated rings. The highest BCUT2D eigenvalue weighted by molar-refractivity contribution is 6.14. The van der Waals surface area contributed by atoms with E-state index in [1.54, 1.807) is 49.3 Å². The monoisotopic (exact) mass is 457 g/mol. The number of ether oxygens (including phenoxy) is 1. The maximum Gasteiger partial charge on any atom is 0.259 e. The molecule has 2 N–H and O–H groups in total. The Hall–Kier alpha value is -4.13. The Bertz CT molecular complexity index is 1220. The number of carbonyl (C=O) groups is 3. The normalized spacial score (nSPS) is 17.0. The lowest BCUT2D eigenvalue weighted by atomic mass is 9.82. The smallest absolute Gasteiger partial charge is 0.259 e. The second kappa shape index (κ2) is 9.39. The number of nitrogens with one attached hydrogen (secondary N) is 2. The number of rotatable bonds is 6. The number of fused-ring (bicyclic) bond motifs is 1. The van der Waals surface area contributed by atoms with Gasteiger partial charge in [0.2, 0.25) is 11.8 Å². The molecule has 0 bridgehead atoms. The van der Waals surface area contributed by atoms with Gasteiger partial charge in [0, 0.05) is 36.8 Å². The predicted molar refractivity (Wildman–Crippen MR) is 131 cm³/mol. The highest BCUT2D eigenvalue weighted by Crippen LogP contribution is 2.36. The zero-order chi connectivity index (χ0) is 24.3. The molecule has 3 aromatic carbocycles. The first-order valence-electron chi connectivity index (χ1n) is 11.0. The van der Waals surface area contributed by atoms with Crippen LogP contribution in [0.2, 0.25) is 0 Å². The Labute approximate surface area is 198 Å². The summed E-state index contributed by atoms with van der Waals surface area (Å²) < 4.78 is 5.19. The molecule has 0 unspecified atom stereocenters. The van der Waals surface area contributed by atoms with E-state index in [1.807, 2.05) is 42.5 Å². The standard InChI is InChI=1S/C27H27N3O4/c1-18(31)29-21-10-12-22(13-11-21)30-25(32)24-7-5-4-6-20(24)16-27(30,2)26(33)28-17-19-8-14-23(34-3)15-9-19/h4-15H,16-17H2,1-3H3,(H,28,33)(H,29,31)/t27-/m0/s1. The number of hydrogen-bond acceptors (Lipinski definition) is 4. The fourth-order valence-electron chi connectivity index (χ4n) is 4.27. The maximum atomic E-state index is 13.6. The van der Waals surface area contributed by atoms with Crippen LogP contribution >= 0.6 is 0 Å². The average Bonchev–Trinajstić information content (AvgIpc) is 2.83. The molecule has 3 amide bonds. The van der Waals surface area contributed by atoms with Crippen molar-refractivity contribution in [1.29, 1.82) is 0 Å². The van der Waals surface area contributed by atoms with E-state index in [0.717, 1.165) is 16.9 Å². The number of hydrogen-bond donors (Lipinski definition) is 2. The second-order valence-electron chi connectivity index (χ2n) is 8.51. The molecule has 7 nitrogen and oxygen atoms in total. The van der Waals surface area contributed by atoms with E-state index in [4.69, 9.17) is 4.74 Å². The van der Waals surface area contributed by atoms with Gasteiger partial charge in [-0.05, 0) is 60.5 Å². The van der Waals surface area contributed by atoms with Crippen LogP contribution in [0.1, 0.15) is 35.3 Å². The lowest BCUT2D eigenvalue weighted by molar-refractivity contribution is -0.126. The molecule has 0 aliphatic carbocycles. The third-order valence-electron chi connectivity index (χ3n) is 6.03. The molecule has 7 heteroatoms. The van der Waals surface area contributed by atoms with E-state index in [-0.39, 0.29) is 17.7 Å². The molecule has 174 valence electrons. The summed E-state index contributed by atoms with van der Waals surface area (Å²) in [7, 11) is 1.60. The molecule has 0 saturated heterocycles. The zero-order valence-electron chi connectivity index (χ0n) is 19.4. The Balaban J connectivity index is 1.65. The number of nitrogens with zero attached hydrogens (tertiary/aromatic N) is 1. The van der Waals surface area contributed by atoms with Gasteiger partial charge in [0.15, 0.2) is 0 Å². The Morgan fingerprint density at radius 2 is 1.68 bits per heavy atom. The molecule has 3 aromatic rings. The van der Waals surface area contributed by atoms with Crippen molar-refractivity contribution in [1.82, 2.24) is 5.32 Å². The topological polar surface area (TPSA) is 87.7 Å². The first-order valence-corrected chi connectivity index (χ1v) is 11.0. The largest absolute Gasteiger partial charge is 0.497 e. The molecular formula is C27H27N3O4. The van der Waals surface area contributed by atoms with Crippen molar-refractivity contribution < 1.29 is 19.1 Å². The van der Waals surface area contributed by atoms with E-state index < -0.39 is 5.54 Å². The number of carbonyl (C=O) groups excluding carboxylic acids is 3. The van der Waals surface area contributed by atoms with E-state index in [2.05, 4.69) is 10.6 Å². The van der Waals surface area contributed by atoms with E-state index in [1.165, 1.54) is 6.92 Å². The molecule has 4 rings (SSSR count). The Morgan fingerprint density at radius 1 is 1.00 bits per heavy atom. The summed E-state index contributed by atoms with van der Waals surface area (Å²) in [6, 6.07) is 21.8. The van der Waals surface area contributed by atoms with Crippen LogP contribution in [0.4, 0.5) is 11.4 Å². The average molecular weight is 458 g/mol. The summed E-state index contributed by atoms with van der Waals surface area (Å²) in [6.07, 6.45) is 0.372. The highest BCUT2D eigenvalue weighted by Gasteiger charge is 2.47. The zero-order valence-corrected chi connectivity index (χ0v) is 19.4. The number of amides is 3. The first kappa shape index (κ1) is 23.0. The van der Waals surface area contributed by atoms with E-state index >= 15 is 0 Å². The van der Waals surface area contributed by atoms with Crippen molar-refractivity contribution in [2.45, 2.75) is 32.4 Å². The molecule has 0 saturated carbocycles. The molecule has 1 aliphatic heterocycles. The summed E-state index contributed by atoms with van der Waals surface area (Å²) >= 11 is 0. The third-order valence-corrected chi connectivity index (χ3v) is 6.03. The molecule has 1 heterocycles. The van der Waals surface area contributed by atoms with Gasteiger partial charge in [-0.3, -0.25) is 19.3 Å². The van der Waals surface area contributed by atoms with Crippen molar-refractivity contribution >= 4 is 29.1 Å². The summed E-state index contributed by atoms with van der Waals surface area (Å²) in [6.45, 7) is 3.54. The van der Waals surface area contributed by atoms with Gasteiger partial charge in [0.25, 0.3) is 5.91 Å². The molecule has 0 radical (unpaired) electrons. The van der Waals surface area contributed by atoms with Crippen LogP contribution in [0.15, 0.2) is 72.8 Å². The lowest BCUT2D eigenvalue weighted by Gasteiger charge is -2.44. The number of benzene rings is 3. The maximum absolute atomic E-state index is 13.6. The number of methoxy groups -OCH3 is 1. The van der Waals surface area contributed by atoms with Crippen LogP contribution in [0.3, 0.4) is 0 Å². The molecule has 1 atom stereocenters. The molecular weight excluding hydrogens is 430 g/mol. The fraction of sp³-hybridized carbons (Fsp3) is 0.222. The fourth-order valence-corrected chi connectivity index (χ4v) is 4.27. The first-order chi connectivity index (χ1) is 16.3. The predicted octanol–water partition coefficient (Wildman–Crippen LogP) is 3.93. The third kappa shape index (κ3) is 4.50. The van der Waals surface area contributed by atoms with Crippen molar-refractivity contribution in [2.24, 2.45) is 0 Å². The van der Waals surface area contributed by atoms with Gasteiger partial charge in [-0.2, -0.15) is 0 Å². The minimum Gasteiger partial charge on any atom is -0.497 e. The van der Waals surface area contributed by atoms with Gasteiger partial charge in [-0.1, -0.05) is 30.3 Å².